The van der Waals surface area contributed by atoms with Crippen LogP contribution in [0, 0.1) is 5.92 Å². The molecule has 0 bridgehead atoms. The molecule has 0 spiro atoms. The molecule has 0 radical (unpaired) electrons. The average molecular weight is 391 g/mol. The Labute approximate surface area is 140 Å². The van der Waals surface area contributed by atoms with E-state index in [9.17, 15) is 39.6 Å². The Bertz CT molecular complexity index is 706. The third-order valence-corrected chi connectivity index (χ3v) is 4.69. The molecule has 142 valence electrons. The minimum atomic E-state index is -5.07. The van der Waals surface area contributed by atoms with E-state index in [0.29, 0.717) is 12.1 Å². The monoisotopic (exact) mass is 391 g/mol. The van der Waals surface area contributed by atoms with Gasteiger partial charge in [0.15, 0.2) is 9.84 Å². The predicted molar refractivity (Wildman–Crippen MR) is 78.6 cm³/mol. The van der Waals surface area contributed by atoms with Gasteiger partial charge < -0.3 is 5.32 Å². The Morgan fingerprint density at radius 1 is 1.00 bits per heavy atom. The molecule has 1 rings (SSSR count). The number of halogens is 6. The second-order valence-corrected chi connectivity index (χ2v) is 7.90. The fourth-order valence-corrected chi connectivity index (χ4v) is 3.60. The van der Waals surface area contributed by atoms with Gasteiger partial charge in [0.25, 0.3) is 0 Å². The van der Waals surface area contributed by atoms with Crippen molar-refractivity contribution < 1.29 is 39.6 Å². The lowest BCUT2D eigenvalue weighted by atomic mass is 10.1. The van der Waals surface area contributed by atoms with Crippen molar-refractivity contribution in [3.8, 4) is 0 Å². The lowest BCUT2D eigenvalue weighted by molar-refractivity contribution is -0.143. The smallest absolute Gasteiger partial charge is 0.325 e. The van der Waals surface area contributed by atoms with Crippen molar-refractivity contribution >= 4 is 21.4 Å². The van der Waals surface area contributed by atoms with Crippen LogP contribution >= 0.6 is 0 Å². The van der Waals surface area contributed by atoms with E-state index >= 15 is 0 Å². The Hall–Kier alpha value is -1.78. The Balaban J connectivity index is 3.11. The molecule has 0 saturated heterocycles. The normalized spacial score (nSPS) is 13.2. The van der Waals surface area contributed by atoms with E-state index in [1.54, 1.807) is 19.2 Å². The second-order valence-electron chi connectivity index (χ2n) is 5.79. The van der Waals surface area contributed by atoms with Crippen LogP contribution in [0.4, 0.5) is 32.0 Å². The number of benzene rings is 1. The SMILES string of the molecule is CC(C)CS(=O)(=O)CC(=O)Nc1cc(C(F)(F)F)cc(C(F)(F)F)c1. The maximum atomic E-state index is 12.7. The number of anilines is 1. The molecule has 1 amide bonds. The number of sulfone groups is 1. The highest BCUT2D eigenvalue weighted by atomic mass is 32.2. The van der Waals surface area contributed by atoms with E-state index in [-0.39, 0.29) is 17.7 Å². The van der Waals surface area contributed by atoms with Crippen molar-refractivity contribution in [3.05, 3.63) is 29.3 Å². The lowest BCUT2D eigenvalue weighted by Gasteiger charge is -2.15. The van der Waals surface area contributed by atoms with Gasteiger partial charge in [-0.25, -0.2) is 8.42 Å². The largest absolute Gasteiger partial charge is 0.416 e. The van der Waals surface area contributed by atoms with Crippen molar-refractivity contribution in [2.75, 3.05) is 16.8 Å². The van der Waals surface area contributed by atoms with Crippen molar-refractivity contribution in [2.45, 2.75) is 26.2 Å². The maximum Gasteiger partial charge on any atom is 0.416 e. The molecule has 0 aromatic heterocycles. The highest BCUT2D eigenvalue weighted by Gasteiger charge is 2.37. The molecule has 0 aliphatic rings. The minimum absolute atomic E-state index is 0.0921. The van der Waals surface area contributed by atoms with Crippen LogP contribution in [0.1, 0.15) is 25.0 Å². The number of carbonyl (C=O) groups excluding carboxylic acids is 1. The molecule has 1 N–H and O–H groups in total. The van der Waals surface area contributed by atoms with Crippen molar-refractivity contribution in [1.29, 1.82) is 0 Å². The van der Waals surface area contributed by atoms with Crippen molar-refractivity contribution in [3.63, 3.8) is 0 Å². The van der Waals surface area contributed by atoms with Gasteiger partial charge in [-0.1, -0.05) is 13.8 Å². The van der Waals surface area contributed by atoms with E-state index in [1.807, 2.05) is 0 Å². The molecule has 25 heavy (non-hydrogen) atoms. The molecule has 4 nitrogen and oxygen atoms in total. The third kappa shape index (κ3) is 6.92. The molecule has 0 aliphatic heterocycles. The molecule has 0 aliphatic carbocycles. The summed E-state index contributed by atoms with van der Waals surface area (Å²) in [5.41, 5.74) is -4.00. The van der Waals surface area contributed by atoms with Gasteiger partial charge >= 0.3 is 12.4 Å². The first-order valence-corrected chi connectivity index (χ1v) is 8.72. The van der Waals surface area contributed by atoms with Gasteiger partial charge in [-0.3, -0.25) is 4.79 Å². The van der Waals surface area contributed by atoms with Gasteiger partial charge in [0, 0.05) is 5.69 Å². The van der Waals surface area contributed by atoms with Crippen LogP contribution in [0.3, 0.4) is 0 Å². The van der Waals surface area contributed by atoms with E-state index in [0.717, 1.165) is 0 Å². The number of nitrogens with one attached hydrogen (secondary N) is 1. The summed E-state index contributed by atoms with van der Waals surface area (Å²) >= 11 is 0. The molecular weight excluding hydrogens is 376 g/mol. The molecular formula is C14H15F6NO3S. The van der Waals surface area contributed by atoms with Crippen LogP contribution in [0.15, 0.2) is 18.2 Å². The number of rotatable bonds is 5. The van der Waals surface area contributed by atoms with E-state index < -0.39 is 50.7 Å². The van der Waals surface area contributed by atoms with Crippen LogP contribution in [0.25, 0.3) is 0 Å². The topological polar surface area (TPSA) is 63.2 Å². The summed E-state index contributed by atoms with van der Waals surface area (Å²) in [4.78, 5) is 11.7. The quantitative estimate of drug-likeness (QED) is 0.778. The number of alkyl halides is 6. The number of amides is 1. The first kappa shape index (κ1) is 21.3. The van der Waals surface area contributed by atoms with Crippen molar-refractivity contribution in [2.24, 2.45) is 5.92 Å². The minimum Gasteiger partial charge on any atom is -0.325 e. The van der Waals surface area contributed by atoms with Crippen LogP contribution in [0.5, 0.6) is 0 Å². The third-order valence-electron chi connectivity index (χ3n) is 2.81. The summed E-state index contributed by atoms with van der Waals surface area (Å²) in [6.45, 7) is 3.16. The number of hydrogen-bond acceptors (Lipinski definition) is 3. The Kier molecular flexibility index (Phi) is 6.14. The molecule has 11 heteroatoms. The van der Waals surface area contributed by atoms with E-state index in [1.165, 1.54) is 0 Å². The standard InChI is InChI=1S/C14H15F6NO3S/c1-8(2)6-25(23,24)7-12(22)21-11-4-9(13(15,16)17)3-10(5-11)14(18,19)20/h3-5,8H,6-7H2,1-2H3,(H,21,22). The van der Waals surface area contributed by atoms with Gasteiger partial charge in [0.05, 0.1) is 16.9 Å². The van der Waals surface area contributed by atoms with Gasteiger partial charge in [0.2, 0.25) is 5.91 Å². The highest BCUT2D eigenvalue weighted by molar-refractivity contribution is 7.92. The molecule has 0 saturated carbocycles. The second kappa shape index (κ2) is 7.22. The summed E-state index contributed by atoms with van der Waals surface area (Å²) in [6.07, 6.45) is -10.1. The molecule has 0 unspecified atom stereocenters. The van der Waals surface area contributed by atoms with Crippen LogP contribution < -0.4 is 5.32 Å². The summed E-state index contributed by atoms with van der Waals surface area (Å²) < 4.78 is 99.6. The maximum absolute atomic E-state index is 12.7. The highest BCUT2D eigenvalue weighted by Crippen LogP contribution is 2.37. The summed E-state index contributed by atoms with van der Waals surface area (Å²) in [5, 5.41) is 1.78. The molecule has 0 fully saturated rings. The first-order valence-electron chi connectivity index (χ1n) is 6.90. The Morgan fingerprint density at radius 2 is 1.44 bits per heavy atom. The summed E-state index contributed by atoms with van der Waals surface area (Å²) in [5.74, 6) is -2.88. The van der Waals surface area contributed by atoms with Gasteiger partial charge in [-0.15, -0.1) is 0 Å². The zero-order chi connectivity index (χ0) is 19.6. The van der Waals surface area contributed by atoms with Crippen LogP contribution in [-0.4, -0.2) is 25.8 Å². The average Bonchev–Trinajstić information content (AvgIpc) is 2.33. The summed E-state index contributed by atoms with van der Waals surface area (Å²) in [7, 11) is -3.83. The summed E-state index contributed by atoms with van der Waals surface area (Å²) in [6, 6.07) is 0.523. The van der Waals surface area contributed by atoms with E-state index in [2.05, 4.69) is 0 Å². The van der Waals surface area contributed by atoms with Crippen LogP contribution in [-0.2, 0) is 27.0 Å². The number of hydrogen-bond donors (Lipinski definition) is 1. The van der Waals surface area contributed by atoms with Gasteiger partial charge in [-0.05, 0) is 24.1 Å². The fraction of sp³-hybridized carbons (Fsp3) is 0.500. The zero-order valence-electron chi connectivity index (χ0n) is 13.1. The molecule has 1 aromatic rings. The molecule has 0 heterocycles. The van der Waals surface area contributed by atoms with E-state index in [4.69, 9.17) is 0 Å². The first-order chi connectivity index (χ1) is 11.1. The molecule has 0 atom stereocenters. The van der Waals surface area contributed by atoms with Crippen molar-refractivity contribution in [1.82, 2.24) is 0 Å². The predicted octanol–water partition coefficient (Wildman–Crippen LogP) is 3.73. The van der Waals surface area contributed by atoms with Gasteiger partial charge in [-0.2, -0.15) is 26.3 Å². The fourth-order valence-electron chi connectivity index (χ4n) is 1.99. The lowest BCUT2D eigenvalue weighted by Crippen LogP contribution is -2.26. The van der Waals surface area contributed by atoms with Gasteiger partial charge in [0.1, 0.15) is 5.75 Å². The zero-order valence-corrected chi connectivity index (χ0v) is 13.9. The molecule has 1 aromatic carbocycles. The Morgan fingerprint density at radius 3 is 1.80 bits per heavy atom. The van der Waals surface area contributed by atoms with Crippen LogP contribution in [0.2, 0.25) is 0 Å². The number of carbonyl (C=O) groups is 1.